The minimum atomic E-state index is -0.800. The Kier molecular flexibility index (Phi) is 7.76. The standard InChI is InChI=1S/C27H29N5O4S/c1-35-20-12-10-19(11-13-20)17-31(25(33)18-32-23-8-3-2-7-22(23)29-30-32)26(24-9-5-15-37-24)27(34)28-16-21-6-4-14-36-21/h2-3,5,7-13,15,21,26H,4,6,14,16-18H2,1H3,(H,28,34)/t21-,26-/m0/s1. The molecule has 37 heavy (non-hydrogen) atoms. The van der Waals surface area contributed by atoms with Crippen LogP contribution in [0.4, 0.5) is 0 Å². The molecule has 4 aromatic rings. The Balaban J connectivity index is 1.45. The Labute approximate surface area is 219 Å². The van der Waals surface area contributed by atoms with Crippen LogP contribution < -0.4 is 10.1 Å². The normalized spacial score (nSPS) is 16.0. The first kappa shape index (κ1) is 24.9. The van der Waals surface area contributed by atoms with Gasteiger partial charge in [-0.15, -0.1) is 16.4 Å². The summed E-state index contributed by atoms with van der Waals surface area (Å²) in [5.74, 6) is 0.250. The highest BCUT2D eigenvalue weighted by Crippen LogP contribution is 2.29. The number of carbonyl (C=O) groups is 2. The minimum absolute atomic E-state index is 0.000175. The first-order chi connectivity index (χ1) is 18.1. The molecular weight excluding hydrogens is 490 g/mol. The van der Waals surface area contributed by atoms with Crippen molar-refractivity contribution in [2.75, 3.05) is 20.3 Å². The van der Waals surface area contributed by atoms with Gasteiger partial charge in [-0.1, -0.05) is 35.5 Å². The molecule has 1 aliphatic heterocycles. The second kappa shape index (κ2) is 11.5. The maximum absolute atomic E-state index is 13.9. The maximum atomic E-state index is 13.9. The van der Waals surface area contributed by atoms with Gasteiger partial charge in [0.05, 0.1) is 18.7 Å². The third-order valence-electron chi connectivity index (χ3n) is 6.44. The zero-order valence-electron chi connectivity index (χ0n) is 20.6. The molecule has 1 aliphatic rings. The Morgan fingerprint density at radius 3 is 2.76 bits per heavy atom. The second-order valence-corrected chi connectivity index (χ2v) is 9.88. The van der Waals surface area contributed by atoms with Crippen LogP contribution >= 0.6 is 11.3 Å². The van der Waals surface area contributed by atoms with Crippen molar-refractivity contribution in [1.29, 1.82) is 0 Å². The topological polar surface area (TPSA) is 98.6 Å². The number of hydrogen-bond donors (Lipinski definition) is 1. The van der Waals surface area contributed by atoms with Crippen molar-refractivity contribution in [3.05, 3.63) is 76.5 Å². The fourth-order valence-electron chi connectivity index (χ4n) is 4.49. The molecule has 1 N–H and O–H groups in total. The molecule has 3 heterocycles. The van der Waals surface area contributed by atoms with Crippen LogP contribution in [-0.2, 0) is 27.4 Å². The molecule has 0 radical (unpaired) electrons. The van der Waals surface area contributed by atoms with E-state index in [4.69, 9.17) is 9.47 Å². The van der Waals surface area contributed by atoms with Crippen LogP contribution in [0.1, 0.15) is 29.3 Å². The molecule has 5 rings (SSSR count). The van der Waals surface area contributed by atoms with Gasteiger partial charge in [-0.05, 0) is 54.1 Å². The van der Waals surface area contributed by atoms with Gasteiger partial charge in [0.15, 0.2) is 0 Å². The Morgan fingerprint density at radius 2 is 2.03 bits per heavy atom. The number of thiophene rings is 1. The van der Waals surface area contributed by atoms with E-state index >= 15 is 0 Å². The molecule has 2 aromatic heterocycles. The van der Waals surface area contributed by atoms with Crippen molar-refractivity contribution >= 4 is 34.2 Å². The first-order valence-corrected chi connectivity index (χ1v) is 13.1. The minimum Gasteiger partial charge on any atom is -0.497 e. The number of hydrogen-bond acceptors (Lipinski definition) is 7. The van der Waals surface area contributed by atoms with Crippen molar-refractivity contribution < 1.29 is 19.1 Å². The lowest BCUT2D eigenvalue weighted by atomic mass is 10.1. The molecule has 10 heteroatoms. The third-order valence-corrected chi connectivity index (χ3v) is 7.36. The fraction of sp³-hybridized carbons (Fsp3) is 0.333. The zero-order valence-corrected chi connectivity index (χ0v) is 21.4. The molecule has 192 valence electrons. The average Bonchev–Trinajstić information content (AvgIpc) is 3.71. The van der Waals surface area contributed by atoms with Gasteiger partial charge in [0.2, 0.25) is 11.8 Å². The van der Waals surface area contributed by atoms with Crippen LogP contribution in [0.5, 0.6) is 5.75 Å². The van der Waals surface area contributed by atoms with Gasteiger partial charge in [-0.3, -0.25) is 9.59 Å². The molecule has 0 bridgehead atoms. The number of fused-ring (bicyclic) bond motifs is 1. The summed E-state index contributed by atoms with van der Waals surface area (Å²) in [5.41, 5.74) is 2.35. The van der Waals surface area contributed by atoms with Gasteiger partial charge in [0.25, 0.3) is 0 Å². The number of ether oxygens (including phenoxy) is 2. The van der Waals surface area contributed by atoms with Crippen LogP contribution in [0.25, 0.3) is 11.0 Å². The fourth-order valence-corrected chi connectivity index (χ4v) is 5.33. The SMILES string of the molecule is COc1ccc(CN(C(=O)Cn2nnc3ccccc32)[C@H](C(=O)NC[C@@H]2CCCO2)c2cccs2)cc1. The third kappa shape index (κ3) is 5.81. The lowest BCUT2D eigenvalue weighted by Crippen LogP contribution is -2.45. The van der Waals surface area contributed by atoms with E-state index in [0.29, 0.717) is 18.7 Å². The first-order valence-electron chi connectivity index (χ1n) is 12.3. The van der Waals surface area contributed by atoms with E-state index in [-0.39, 0.29) is 31.0 Å². The molecule has 9 nitrogen and oxygen atoms in total. The van der Waals surface area contributed by atoms with Gasteiger partial charge < -0.3 is 19.7 Å². The van der Waals surface area contributed by atoms with Crippen molar-refractivity contribution in [3.8, 4) is 5.75 Å². The smallest absolute Gasteiger partial charge is 0.248 e. The number of carbonyl (C=O) groups excluding carboxylic acids is 2. The van der Waals surface area contributed by atoms with Gasteiger partial charge >= 0.3 is 0 Å². The summed E-state index contributed by atoms with van der Waals surface area (Å²) < 4.78 is 12.5. The van der Waals surface area contributed by atoms with E-state index in [9.17, 15) is 9.59 Å². The van der Waals surface area contributed by atoms with Crippen LogP contribution in [0.15, 0.2) is 66.0 Å². The van der Waals surface area contributed by atoms with E-state index in [1.165, 1.54) is 11.3 Å². The largest absolute Gasteiger partial charge is 0.497 e. The van der Waals surface area contributed by atoms with Crippen molar-refractivity contribution in [2.24, 2.45) is 0 Å². The number of nitrogens with zero attached hydrogens (tertiary/aromatic N) is 4. The molecule has 0 aliphatic carbocycles. The summed E-state index contributed by atoms with van der Waals surface area (Å²) >= 11 is 1.45. The Morgan fingerprint density at radius 1 is 1.19 bits per heavy atom. The highest BCUT2D eigenvalue weighted by Gasteiger charge is 2.33. The zero-order chi connectivity index (χ0) is 25.6. The van der Waals surface area contributed by atoms with E-state index < -0.39 is 6.04 Å². The van der Waals surface area contributed by atoms with Gasteiger partial charge in [-0.2, -0.15) is 0 Å². The molecular formula is C27H29N5O4S. The average molecular weight is 520 g/mol. The number of benzene rings is 2. The predicted octanol–water partition coefficient (Wildman–Crippen LogP) is 3.57. The number of para-hydroxylation sites is 1. The number of methoxy groups -OCH3 is 1. The molecule has 0 unspecified atom stereocenters. The molecule has 1 saturated heterocycles. The molecule has 0 saturated carbocycles. The van der Waals surface area contributed by atoms with Crippen LogP contribution in [0.3, 0.4) is 0 Å². The quantitative estimate of drug-likeness (QED) is 0.344. The lowest BCUT2D eigenvalue weighted by molar-refractivity contribution is -0.142. The Hall–Kier alpha value is -3.76. The van der Waals surface area contributed by atoms with Crippen LogP contribution in [0, 0.1) is 0 Å². The van der Waals surface area contributed by atoms with Crippen molar-refractivity contribution in [2.45, 2.75) is 38.1 Å². The summed E-state index contributed by atoms with van der Waals surface area (Å²) in [4.78, 5) is 29.9. The number of aromatic nitrogens is 3. The Bertz CT molecular complexity index is 1330. The molecule has 2 atom stereocenters. The predicted molar refractivity (Wildman–Crippen MR) is 140 cm³/mol. The summed E-state index contributed by atoms with van der Waals surface area (Å²) in [5, 5.41) is 13.3. The van der Waals surface area contributed by atoms with Gasteiger partial charge in [0, 0.05) is 24.6 Å². The maximum Gasteiger partial charge on any atom is 0.248 e. The summed E-state index contributed by atoms with van der Waals surface area (Å²) in [6.07, 6.45) is 1.90. The van der Waals surface area contributed by atoms with Crippen LogP contribution in [0.2, 0.25) is 0 Å². The highest BCUT2D eigenvalue weighted by atomic mass is 32.1. The van der Waals surface area contributed by atoms with Gasteiger partial charge in [0.1, 0.15) is 23.9 Å². The monoisotopic (exact) mass is 519 g/mol. The van der Waals surface area contributed by atoms with Crippen molar-refractivity contribution in [1.82, 2.24) is 25.2 Å². The molecule has 1 fully saturated rings. The van der Waals surface area contributed by atoms with Gasteiger partial charge in [-0.25, -0.2) is 4.68 Å². The summed E-state index contributed by atoms with van der Waals surface area (Å²) in [6.45, 7) is 1.32. The highest BCUT2D eigenvalue weighted by molar-refractivity contribution is 7.10. The molecule has 2 amide bonds. The second-order valence-electron chi connectivity index (χ2n) is 8.90. The summed E-state index contributed by atoms with van der Waals surface area (Å²) in [7, 11) is 1.61. The van der Waals surface area contributed by atoms with E-state index in [1.54, 1.807) is 16.7 Å². The molecule has 2 aromatic carbocycles. The van der Waals surface area contributed by atoms with E-state index in [0.717, 1.165) is 34.5 Å². The van der Waals surface area contributed by atoms with E-state index in [2.05, 4.69) is 15.6 Å². The number of rotatable bonds is 10. The van der Waals surface area contributed by atoms with Crippen molar-refractivity contribution in [3.63, 3.8) is 0 Å². The number of nitrogens with one attached hydrogen (secondary N) is 1. The number of amides is 2. The van der Waals surface area contributed by atoms with Crippen LogP contribution in [-0.4, -0.2) is 58.1 Å². The lowest BCUT2D eigenvalue weighted by Gasteiger charge is -2.31. The summed E-state index contributed by atoms with van der Waals surface area (Å²) in [6, 6.07) is 18.0. The molecule has 0 spiro atoms. The van der Waals surface area contributed by atoms with E-state index in [1.807, 2.05) is 66.0 Å².